The largest absolute Gasteiger partial charge is 0.497 e. The maximum Gasteiger partial charge on any atom is 0.254 e. The topological polar surface area (TPSA) is 49.9 Å². The molecule has 26 heavy (non-hydrogen) atoms. The third-order valence-electron chi connectivity index (χ3n) is 4.59. The smallest absolute Gasteiger partial charge is 0.254 e. The molecule has 2 aromatic rings. The summed E-state index contributed by atoms with van der Waals surface area (Å²) < 4.78 is 6.14. The van der Waals surface area contributed by atoms with Crippen LogP contribution in [0.3, 0.4) is 0 Å². The fraction of sp³-hybridized carbons (Fsp3) is 0.300. The van der Waals surface area contributed by atoms with Crippen LogP contribution in [-0.4, -0.2) is 54.9 Å². The van der Waals surface area contributed by atoms with E-state index in [0.717, 1.165) is 10.0 Å². The Kier molecular flexibility index (Phi) is 5.61. The van der Waals surface area contributed by atoms with Crippen molar-refractivity contribution in [2.75, 3.05) is 33.3 Å². The zero-order valence-corrected chi connectivity index (χ0v) is 16.5. The summed E-state index contributed by atoms with van der Waals surface area (Å²) in [5.41, 5.74) is 2.26. The number of ether oxygens (including phenoxy) is 1. The van der Waals surface area contributed by atoms with Gasteiger partial charge in [-0.2, -0.15) is 0 Å². The first-order valence-corrected chi connectivity index (χ1v) is 9.27. The van der Waals surface area contributed by atoms with Gasteiger partial charge in [-0.15, -0.1) is 0 Å². The van der Waals surface area contributed by atoms with Gasteiger partial charge in [-0.1, -0.05) is 22.0 Å². The highest BCUT2D eigenvalue weighted by Crippen LogP contribution is 2.19. The highest BCUT2D eigenvalue weighted by atomic mass is 79.9. The van der Waals surface area contributed by atoms with Crippen molar-refractivity contribution >= 4 is 27.7 Å². The van der Waals surface area contributed by atoms with Gasteiger partial charge in [-0.25, -0.2) is 0 Å². The van der Waals surface area contributed by atoms with E-state index in [1.165, 1.54) is 0 Å². The van der Waals surface area contributed by atoms with Gasteiger partial charge in [0.1, 0.15) is 5.75 Å². The van der Waals surface area contributed by atoms with Crippen LogP contribution in [0.25, 0.3) is 0 Å². The summed E-state index contributed by atoms with van der Waals surface area (Å²) in [6, 6.07) is 12.8. The second-order valence-electron chi connectivity index (χ2n) is 6.28. The fourth-order valence-corrected chi connectivity index (χ4v) is 3.56. The van der Waals surface area contributed by atoms with Crippen molar-refractivity contribution in [2.24, 2.45) is 0 Å². The van der Waals surface area contributed by atoms with Gasteiger partial charge in [0.15, 0.2) is 0 Å². The van der Waals surface area contributed by atoms with E-state index in [1.54, 1.807) is 24.1 Å². The maximum absolute atomic E-state index is 12.8. The molecule has 1 aliphatic heterocycles. The highest BCUT2D eigenvalue weighted by molar-refractivity contribution is 9.10. The second-order valence-corrected chi connectivity index (χ2v) is 7.19. The minimum absolute atomic E-state index is 0.0171. The van der Waals surface area contributed by atoms with Gasteiger partial charge in [-0.05, 0) is 48.9 Å². The quantitative estimate of drug-likeness (QED) is 0.770. The predicted molar refractivity (Wildman–Crippen MR) is 104 cm³/mol. The molecule has 0 aromatic heterocycles. The summed E-state index contributed by atoms with van der Waals surface area (Å²) in [5, 5.41) is 0. The van der Waals surface area contributed by atoms with Crippen molar-refractivity contribution in [1.82, 2.24) is 9.80 Å². The van der Waals surface area contributed by atoms with E-state index in [2.05, 4.69) is 15.9 Å². The van der Waals surface area contributed by atoms with E-state index >= 15 is 0 Å². The Balaban J connectivity index is 1.65. The number of halogens is 1. The molecule has 0 atom stereocenters. The van der Waals surface area contributed by atoms with Crippen molar-refractivity contribution in [3.8, 4) is 5.75 Å². The average molecular weight is 417 g/mol. The molecule has 2 aromatic carbocycles. The Labute approximate surface area is 161 Å². The molecule has 5 nitrogen and oxygen atoms in total. The molecule has 0 saturated carbocycles. The Morgan fingerprint density at radius 2 is 1.62 bits per heavy atom. The molecule has 2 amide bonds. The van der Waals surface area contributed by atoms with Crippen LogP contribution in [0.4, 0.5) is 0 Å². The van der Waals surface area contributed by atoms with E-state index in [0.29, 0.717) is 43.1 Å². The Hall–Kier alpha value is -2.34. The number of carbonyl (C=O) groups is 2. The lowest BCUT2D eigenvalue weighted by molar-refractivity contribution is 0.0535. The molecule has 0 bridgehead atoms. The molecule has 1 aliphatic rings. The Morgan fingerprint density at radius 1 is 0.962 bits per heavy atom. The first-order valence-electron chi connectivity index (χ1n) is 8.48. The van der Waals surface area contributed by atoms with Crippen LogP contribution in [-0.2, 0) is 0 Å². The van der Waals surface area contributed by atoms with E-state index < -0.39 is 0 Å². The zero-order valence-electron chi connectivity index (χ0n) is 14.9. The number of amides is 2. The third-order valence-corrected chi connectivity index (χ3v) is 5.08. The van der Waals surface area contributed by atoms with Crippen LogP contribution in [0.2, 0.25) is 0 Å². The van der Waals surface area contributed by atoms with Crippen molar-refractivity contribution < 1.29 is 14.3 Å². The fourth-order valence-electron chi connectivity index (χ4n) is 3.09. The molecule has 0 unspecified atom stereocenters. The van der Waals surface area contributed by atoms with Crippen LogP contribution in [0, 0.1) is 6.92 Å². The molecule has 0 radical (unpaired) electrons. The minimum Gasteiger partial charge on any atom is -0.497 e. The molecule has 0 spiro atoms. The molecule has 3 rings (SSSR count). The van der Waals surface area contributed by atoms with E-state index in [-0.39, 0.29) is 11.8 Å². The SMILES string of the molecule is COc1cccc(C(=O)N2CCN(C(=O)c3ccc(Br)cc3C)CC2)c1. The summed E-state index contributed by atoms with van der Waals surface area (Å²) >= 11 is 3.42. The van der Waals surface area contributed by atoms with Crippen LogP contribution in [0.15, 0.2) is 46.9 Å². The Morgan fingerprint density at radius 3 is 2.23 bits per heavy atom. The van der Waals surface area contributed by atoms with E-state index in [1.807, 2.05) is 42.2 Å². The van der Waals surface area contributed by atoms with Gasteiger partial charge in [0, 0.05) is 41.8 Å². The summed E-state index contributed by atoms with van der Waals surface area (Å²) in [5.74, 6) is 0.648. The molecule has 1 heterocycles. The number of aryl methyl sites for hydroxylation is 1. The van der Waals surface area contributed by atoms with Gasteiger partial charge < -0.3 is 14.5 Å². The second kappa shape index (κ2) is 7.91. The number of benzene rings is 2. The molecule has 6 heteroatoms. The average Bonchev–Trinajstić information content (AvgIpc) is 2.67. The molecule has 136 valence electrons. The van der Waals surface area contributed by atoms with Crippen LogP contribution >= 0.6 is 15.9 Å². The summed E-state index contributed by atoms with van der Waals surface area (Å²) in [6.07, 6.45) is 0. The minimum atomic E-state index is -0.0316. The van der Waals surface area contributed by atoms with Crippen molar-refractivity contribution in [1.29, 1.82) is 0 Å². The molecule has 1 saturated heterocycles. The molecule has 0 aliphatic carbocycles. The first-order chi connectivity index (χ1) is 12.5. The molecule has 1 fully saturated rings. The van der Waals surface area contributed by atoms with Crippen molar-refractivity contribution in [3.63, 3.8) is 0 Å². The number of rotatable bonds is 3. The number of hydrogen-bond donors (Lipinski definition) is 0. The summed E-state index contributed by atoms with van der Waals surface area (Å²) in [4.78, 5) is 29.0. The van der Waals surface area contributed by atoms with Crippen molar-refractivity contribution in [3.05, 3.63) is 63.6 Å². The number of methoxy groups -OCH3 is 1. The molecule has 0 N–H and O–H groups in total. The van der Waals surface area contributed by atoms with E-state index in [4.69, 9.17) is 4.74 Å². The lowest BCUT2D eigenvalue weighted by Gasteiger charge is -2.35. The lowest BCUT2D eigenvalue weighted by atomic mass is 10.1. The summed E-state index contributed by atoms with van der Waals surface area (Å²) in [7, 11) is 1.58. The highest BCUT2D eigenvalue weighted by Gasteiger charge is 2.26. The summed E-state index contributed by atoms with van der Waals surface area (Å²) in [6.45, 7) is 4.05. The molecular formula is C20H21BrN2O3. The third kappa shape index (κ3) is 3.90. The first kappa shape index (κ1) is 18.5. The predicted octanol–water partition coefficient (Wildman–Crippen LogP) is 3.36. The Bertz CT molecular complexity index is 830. The standard InChI is InChI=1S/C20H21BrN2O3/c1-14-12-16(21)6-7-18(14)20(25)23-10-8-22(9-11-23)19(24)15-4-3-5-17(13-15)26-2/h3-7,12-13H,8-11H2,1-2H3. The number of piperazine rings is 1. The van der Waals surface area contributed by atoms with Gasteiger partial charge in [0.2, 0.25) is 0 Å². The molecular weight excluding hydrogens is 396 g/mol. The maximum atomic E-state index is 12.8. The normalized spacial score (nSPS) is 14.3. The van der Waals surface area contributed by atoms with Crippen LogP contribution in [0.1, 0.15) is 26.3 Å². The number of carbonyl (C=O) groups excluding carboxylic acids is 2. The van der Waals surface area contributed by atoms with Gasteiger partial charge in [-0.3, -0.25) is 9.59 Å². The van der Waals surface area contributed by atoms with Crippen molar-refractivity contribution in [2.45, 2.75) is 6.92 Å². The van der Waals surface area contributed by atoms with Gasteiger partial charge >= 0.3 is 0 Å². The van der Waals surface area contributed by atoms with Crippen LogP contribution in [0.5, 0.6) is 5.75 Å². The monoisotopic (exact) mass is 416 g/mol. The lowest BCUT2D eigenvalue weighted by Crippen LogP contribution is -2.50. The van der Waals surface area contributed by atoms with Gasteiger partial charge in [0.25, 0.3) is 11.8 Å². The van der Waals surface area contributed by atoms with Crippen LogP contribution < -0.4 is 4.74 Å². The zero-order chi connectivity index (χ0) is 18.7. The van der Waals surface area contributed by atoms with E-state index in [9.17, 15) is 9.59 Å². The number of nitrogens with zero attached hydrogens (tertiary/aromatic N) is 2. The van der Waals surface area contributed by atoms with Gasteiger partial charge in [0.05, 0.1) is 7.11 Å². The number of hydrogen-bond acceptors (Lipinski definition) is 3.